The molecule has 2 N–H and O–H groups in total. The molecule has 1 heterocycles. The van der Waals surface area contributed by atoms with Crippen LogP contribution in [0.1, 0.15) is 30.1 Å². The van der Waals surface area contributed by atoms with Gasteiger partial charge in [-0.05, 0) is 19.3 Å². The van der Waals surface area contributed by atoms with Crippen molar-refractivity contribution >= 4 is 0 Å². The fraction of sp³-hybridized carbons (Fsp3) is 0.500. The quantitative estimate of drug-likeness (QED) is 0.688. The second kappa shape index (κ2) is 3.75. The summed E-state index contributed by atoms with van der Waals surface area (Å²) in [5, 5.41) is 10.6. The fourth-order valence-electron chi connectivity index (χ4n) is 1.90. The van der Waals surface area contributed by atoms with E-state index in [0.717, 1.165) is 13.0 Å². The molecule has 0 saturated carbocycles. The van der Waals surface area contributed by atoms with Gasteiger partial charge in [0.05, 0.1) is 6.20 Å². The van der Waals surface area contributed by atoms with Crippen LogP contribution in [0.3, 0.4) is 0 Å². The number of nitrogens with zero attached hydrogens (tertiary/aromatic N) is 1. The highest BCUT2D eigenvalue weighted by Crippen LogP contribution is 2.27. The van der Waals surface area contributed by atoms with Crippen LogP contribution >= 0.6 is 0 Å². The Balaban J connectivity index is 2.10. The number of aromatic nitrogens is 2. The van der Waals surface area contributed by atoms with Crippen molar-refractivity contribution in [2.45, 2.75) is 25.3 Å². The Kier molecular flexibility index (Phi) is 2.45. The summed E-state index contributed by atoms with van der Waals surface area (Å²) in [5.41, 5.74) is 2.64. The number of hydrogen-bond acceptors (Lipinski definition) is 2. The van der Waals surface area contributed by atoms with Gasteiger partial charge in [-0.1, -0.05) is 6.08 Å². The summed E-state index contributed by atoms with van der Waals surface area (Å²) >= 11 is 0. The molecule has 0 saturated heterocycles. The van der Waals surface area contributed by atoms with E-state index in [9.17, 15) is 0 Å². The minimum absolute atomic E-state index is 0.473. The summed E-state index contributed by atoms with van der Waals surface area (Å²) in [7, 11) is 0. The van der Waals surface area contributed by atoms with Crippen LogP contribution in [0.15, 0.2) is 18.9 Å². The summed E-state index contributed by atoms with van der Waals surface area (Å²) in [6.45, 7) is 4.57. The first-order valence-electron chi connectivity index (χ1n) is 4.78. The second-order valence-electron chi connectivity index (χ2n) is 3.45. The Morgan fingerprint density at radius 3 is 3.54 bits per heavy atom. The number of aryl methyl sites for hydroxylation is 1. The molecule has 0 spiro atoms. The van der Waals surface area contributed by atoms with E-state index in [2.05, 4.69) is 22.1 Å². The third-order valence-electron chi connectivity index (χ3n) is 2.56. The van der Waals surface area contributed by atoms with E-state index in [1.54, 1.807) is 0 Å². The van der Waals surface area contributed by atoms with Gasteiger partial charge in [-0.15, -0.1) is 6.58 Å². The maximum Gasteiger partial charge on any atom is 0.0538 e. The second-order valence-corrected chi connectivity index (χ2v) is 3.45. The van der Waals surface area contributed by atoms with Crippen LogP contribution in [0, 0.1) is 0 Å². The van der Waals surface area contributed by atoms with E-state index in [4.69, 9.17) is 0 Å². The largest absolute Gasteiger partial charge is 0.306 e. The third-order valence-corrected chi connectivity index (χ3v) is 2.56. The summed E-state index contributed by atoms with van der Waals surface area (Å²) in [5.74, 6) is 0. The minimum atomic E-state index is 0.473. The zero-order chi connectivity index (χ0) is 9.10. The molecule has 3 heteroatoms. The van der Waals surface area contributed by atoms with Gasteiger partial charge in [-0.2, -0.15) is 5.10 Å². The van der Waals surface area contributed by atoms with Crippen molar-refractivity contribution in [1.29, 1.82) is 0 Å². The van der Waals surface area contributed by atoms with Gasteiger partial charge in [-0.25, -0.2) is 0 Å². The predicted octanol–water partition coefficient (Wildman–Crippen LogP) is 1.56. The van der Waals surface area contributed by atoms with Gasteiger partial charge in [0.2, 0.25) is 0 Å². The monoisotopic (exact) mass is 177 g/mol. The van der Waals surface area contributed by atoms with Crippen LogP contribution in [-0.4, -0.2) is 16.7 Å². The molecule has 13 heavy (non-hydrogen) atoms. The molecule has 0 bridgehead atoms. The van der Waals surface area contributed by atoms with Crippen LogP contribution < -0.4 is 5.32 Å². The summed E-state index contributed by atoms with van der Waals surface area (Å²) in [6, 6.07) is 0.473. The standard InChI is InChI=1S/C10H15N3/c1-2-6-11-9-4-3-5-10-8(9)7-12-13-10/h2,7,9,11H,1,3-6H2,(H,12,13). The van der Waals surface area contributed by atoms with Gasteiger partial charge in [-0.3, -0.25) is 5.10 Å². The average molecular weight is 177 g/mol. The van der Waals surface area contributed by atoms with Gasteiger partial charge in [0.1, 0.15) is 0 Å². The number of H-pyrrole nitrogens is 1. The molecule has 0 aliphatic heterocycles. The first kappa shape index (κ1) is 8.51. The van der Waals surface area contributed by atoms with Gasteiger partial charge in [0.25, 0.3) is 0 Å². The maximum atomic E-state index is 4.07. The Morgan fingerprint density at radius 1 is 1.77 bits per heavy atom. The third kappa shape index (κ3) is 1.65. The molecule has 0 fully saturated rings. The van der Waals surface area contributed by atoms with Gasteiger partial charge >= 0.3 is 0 Å². The average Bonchev–Trinajstić information content (AvgIpc) is 2.62. The molecule has 0 radical (unpaired) electrons. The number of aromatic amines is 1. The van der Waals surface area contributed by atoms with Crippen molar-refractivity contribution in [2.75, 3.05) is 6.54 Å². The summed E-state index contributed by atoms with van der Waals surface area (Å²) in [6.07, 6.45) is 7.43. The lowest BCUT2D eigenvalue weighted by Crippen LogP contribution is -2.24. The van der Waals surface area contributed by atoms with Crippen LogP contribution in [0.4, 0.5) is 0 Å². The molecule has 1 unspecified atom stereocenters. The number of fused-ring (bicyclic) bond motifs is 1. The maximum absolute atomic E-state index is 4.07. The van der Waals surface area contributed by atoms with Crippen molar-refractivity contribution in [2.24, 2.45) is 0 Å². The van der Waals surface area contributed by atoms with Crippen molar-refractivity contribution in [3.8, 4) is 0 Å². The highest BCUT2D eigenvalue weighted by molar-refractivity contribution is 5.23. The zero-order valence-electron chi connectivity index (χ0n) is 7.71. The van der Waals surface area contributed by atoms with Crippen molar-refractivity contribution in [1.82, 2.24) is 15.5 Å². The van der Waals surface area contributed by atoms with Gasteiger partial charge < -0.3 is 5.32 Å². The lowest BCUT2D eigenvalue weighted by Gasteiger charge is -2.22. The topological polar surface area (TPSA) is 40.7 Å². The SMILES string of the molecule is C=CCNC1CCCc2[nH]ncc21. The fourth-order valence-corrected chi connectivity index (χ4v) is 1.90. The molecular weight excluding hydrogens is 162 g/mol. The Morgan fingerprint density at radius 2 is 2.69 bits per heavy atom. The van der Waals surface area contributed by atoms with E-state index < -0.39 is 0 Å². The first-order valence-corrected chi connectivity index (χ1v) is 4.78. The van der Waals surface area contributed by atoms with Crippen LogP contribution in [0.25, 0.3) is 0 Å². The van der Waals surface area contributed by atoms with Crippen LogP contribution in [-0.2, 0) is 6.42 Å². The van der Waals surface area contributed by atoms with Gasteiger partial charge in [0, 0.05) is 23.8 Å². The molecule has 2 rings (SSSR count). The highest BCUT2D eigenvalue weighted by atomic mass is 15.1. The summed E-state index contributed by atoms with van der Waals surface area (Å²) in [4.78, 5) is 0. The van der Waals surface area contributed by atoms with Crippen molar-refractivity contribution < 1.29 is 0 Å². The smallest absolute Gasteiger partial charge is 0.0538 e. The van der Waals surface area contributed by atoms with Crippen molar-refractivity contribution in [3.05, 3.63) is 30.1 Å². The van der Waals surface area contributed by atoms with E-state index in [0.29, 0.717) is 6.04 Å². The predicted molar refractivity (Wildman–Crippen MR) is 52.5 cm³/mol. The number of hydrogen-bond donors (Lipinski definition) is 2. The number of nitrogens with one attached hydrogen (secondary N) is 2. The molecule has 0 amide bonds. The molecule has 1 aliphatic carbocycles. The Labute approximate surface area is 78.2 Å². The molecule has 1 aliphatic rings. The first-order chi connectivity index (χ1) is 6.42. The zero-order valence-corrected chi connectivity index (χ0v) is 7.71. The Bertz CT molecular complexity index is 290. The van der Waals surface area contributed by atoms with Crippen molar-refractivity contribution in [3.63, 3.8) is 0 Å². The highest BCUT2D eigenvalue weighted by Gasteiger charge is 2.20. The molecule has 1 atom stereocenters. The van der Waals surface area contributed by atoms with E-state index in [1.165, 1.54) is 24.1 Å². The number of rotatable bonds is 3. The van der Waals surface area contributed by atoms with Crippen LogP contribution in [0.2, 0.25) is 0 Å². The molecule has 1 aromatic heterocycles. The summed E-state index contributed by atoms with van der Waals surface area (Å²) < 4.78 is 0. The van der Waals surface area contributed by atoms with E-state index >= 15 is 0 Å². The molecule has 3 nitrogen and oxygen atoms in total. The molecular formula is C10H15N3. The van der Waals surface area contributed by atoms with Gasteiger partial charge in [0.15, 0.2) is 0 Å². The Hall–Kier alpha value is -1.09. The van der Waals surface area contributed by atoms with E-state index in [-0.39, 0.29) is 0 Å². The lowest BCUT2D eigenvalue weighted by molar-refractivity contribution is 0.479. The van der Waals surface area contributed by atoms with E-state index in [1.807, 2.05) is 12.3 Å². The molecule has 1 aromatic rings. The molecule has 70 valence electrons. The normalized spacial score (nSPS) is 21.1. The van der Waals surface area contributed by atoms with Crippen LogP contribution in [0.5, 0.6) is 0 Å². The lowest BCUT2D eigenvalue weighted by atomic mass is 9.93. The minimum Gasteiger partial charge on any atom is -0.306 e. The molecule has 0 aromatic carbocycles.